The summed E-state index contributed by atoms with van der Waals surface area (Å²) in [5.74, 6) is -0.545. The lowest BCUT2D eigenvalue weighted by Gasteiger charge is -2.08. The predicted octanol–water partition coefficient (Wildman–Crippen LogP) is 3.36. The minimum Gasteiger partial charge on any atom is -0.465 e. The Morgan fingerprint density at radius 1 is 1.00 bits per heavy atom. The van der Waals surface area contributed by atoms with Crippen LogP contribution in [0.4, 0.5) is 5.69 Å². The van der Waals surface area contributed by atoms with Gasteiger partial charge in [-0.15, -0.1) is 0 Å². The average Bonchev–Trinajstić information content (AvgIpc) is 2.53. The molecule has 22 heavy (non-hydrogen) atoms. The van der Waals surface area contributed by atoms with Gasteiger partial charge in [0, 0.05) is 12.6 Å². The number of ether oxygens (including phenoxy) is 1. The van der Waals surface area contributed by atoms with Crippen molar-refractivity contribution >= 4 is 29.2 Å². The Morgan fingerprint density at radius 3 is 2.18 bits per heavy atom. The predicted molar refractivity (Wildman–Crippen MR) is 87.1 cm³/mol. The summed E-state index contributed by atoms with van der Waals surface area (Å²) in [6, 6.07) is 16.6. The van der Waals surface area contributed by atoms with E-state index in [1.807, 2.05) is 30.3 Å². The van der Waals surface area contributed by atoms with Gasteiger partial charge in [0.1, 0.15) is 0 Å². The van der Waals surface area contributed by atoms with Crippen LogP contribution in [0.1, 0.15) is 18.1 Å². The molecule has 0 saturated heterocycles. The van der Waals surface area contributed by atoms with Crippen LogP contribution in [0, 0.1) is 0 Å². The van der Waals surface area contributed by atoms with Crippen LogP contribution in [-0.4, -0.2) is 19.0 Å². The normalized spacial score (nSPS) is 10.9. The van der Waals surface area contributed by atoms with Gasteiger partial charge in [0.2, 0.25) is 5.91 Å². The first-order chi connectivity index (χ1) is 10.6. The van der Waals surface area contributed by atoms with Crippen LogP contribution in [0.25, 0.3) is 11.6 Å². The summed E-state index contributed by atoms with van der Waals surface area (Å²) in [6.45, 7) is 1.45. The maximum atomic E-state index is 12.0. The van der Waals surface area contributed by atoms with Crippen molar-refractivity contribution in [2.75, 3.05) is 12.4 Å². The molecule has 0 aliphatic heterocycles. The maximum absolute atomic E-state index is 12.0. The minimum absolute atomic E-state index is 0.138. The van der Waals surface area contributed by atoms with Gasteiger partial charge >= 0.3 is 5.97 Å². The first-order valence-electron chi connectivity index (χ1n) is 6.83. The topological polar surface area (TPSA) is 55.4 Å². The molecule has 0 saturated carbocycles. The highest BCUT2D eigenvalue weighted by Crippen LogP contribution is 2.21. The van der Waals surface area contributed by atoms with Crippen molar-refractivity contribution < 1.29 is 14.3 Å². The summed E-state index contributed by atoms with van der Waals surface area (Å²) >= 11 is 0. The Bertz CT molecular complexity index is 688. The second-order valence-electron chi connectivity index (χ2n) is 4.72. The van der Waals surface area contributed by atoms with E-state index in [1.54, 1.807) is 30.3 Å². The van der Waals surface area contributed by atoms with E-state index in [0.29, 0.717) is 11.3 Å². The highest BCUT2D eigenvalue weighted by molar-refractivity contribution is 6.21. The zero-order valence-corrected chi connectivity index (χ0v) is 12.5. The number of rotatable bonds is 4. The molecule has 0 atom stereocenters. The molecule has 4 nitrogen and oxygen atoms in total. The smallest absolute Gasteiger partial charge is 0.338 e. The van der Waals surface area contributed by atoms with Crippen molar-refractivity contribution in [3.63, 3.8) is 0 Å². The molecule has 0 bridgehead atoms. The summed E-state index contributed by atoms with van der Waals surface area (Å²) in [5.41, 5.74) is 2.78. The Morgan fingerprint density at radius 2 is 1.64 bits per heavy atom. The van der Waals surface area contributed by atoms with Gasteiger partial charge in [-0.25, -0.2) is 4.79 Å². The van der Waals surface area contributed by atoms with E-state index >= 15 is 0 Å². The fourth-order valence-electron chi connectivity index (χ4n) is 2.02. The monoisotopic (exact) mass is 295 g/mol. The molecular weight excluding hydrogens is 278 g/mol. The van der Waals surface area contributed by atoms with Gasteiger partial charge in [0.25, 0.3) is 0 Å². The molecule has 0 aliphatic rings. The summed E-state index contributed by atoms with van der Waals surface area (Å²) in [7, 11) is 1.35. The molecule has 2 aromatic carbocycles. The number of esters is 1. The molecular formula is C18H17NO3. The number of amides is 1. The third kappa shape index (κ3) is 4.06. The number of benzene rings is 2. The van der Waals surface area contributed by atoms with Crippen LogP contribution in [0.5, 0.6) is 0 Å². The third-order valence-electron chi connectivity index (χ3n) is 3.03. The molecule has 0 aromatic heterocycles. The Balaban J connectivity index is 2.36. The lowest BCUT2D eigenvalue weighted by atomic mass is 10.0. The van der Waals surface area contributed by atoms with Gasteiger partial charge in [-0.05, 0) is 29.3 Å². The summed E-state index contributed by atoms with van der Waals surface area (Å²) in [6.07, 6.45) is 1.78. The zero-order valence-electron chi connectivity index (χ0n) is 12.5. The molecule has 1 amide bonds. The van der Waals surface area contributed by atoms with Gasteiger partial charge < -0.3 is 10.1 Å². The molecule has 0 radical (unpaired) electrons. The van der Waals surface area contributed by atoms with E-state index in [1.165, 1.54) is 14.0 Å². The molecule has 4 heteroatoms. The first kappa shape index (κ1) is 15.5. The fraction of sp³-hybridized carbons (Fsp3) is 0.111. The van der Waals surface area contributed by atoms with Gasteiger partial charge in [-0.1, -0.05) is 42.5 Å². The van der Waals surface area contributed by atoms with Crippen molar-refractivity contribution in [2.45, 2.75) is 6.92 Å². The number of hydrogen-bond acceptors (Lipinski definition) is 3. The lowest BCUT2D eigenvalue weighted by Crippen LogP contribution is -2.06. The van der Waals surface area contributed by atoms with Crippen molar-refractivity contribution in [2.24, 2.45) is 0 Å². The van der Waals surface area contributed by atoms with Crippen molar-refractivity contribution in [3.8, 4) is 0 Å². The minimum atomic E-state index is -0.406. The number of methoxy groups -OCH3 is 1. The van der Waals surface area contributed by atoms with Crippen LogP contribution >= 0.6 is 0 Å². The first-order valence-corrected chi connectivity index (χ1v) is 6.83. The highest BCUT2D eigenvalue weighted by atomic mass is 16.5. The van der Waals surface area contributed by atoms with Gasteiger partial charge in [0.05, 0.1) is 12.7 Å². The summed E-state index contributed by atoms with van der Waals surface area (Å²) in [4.78, 5) is 23.1. The van der Waals surface area contributed by atoms with Crippen LogP contribution in [0.3, 0.4) is 0 Å². The Kier molecular flexibility index (Phi) is 5.09. The number of anilines is 1. The van der Waals surface area contributed by atoms with E-state index in [0.717, 1.165) is 11.1 Å². The second kappa shape index (κ2) is 7.22. The molecule has 0 aliphatic carbocycles. The standard InChI is InChI=1S/C18H17NO3/c1-13(20)19-16-10-8-15(9-11-16)17(18(21)22-2)12-14-6-4-3-5-7-14/h3-12H,1-2H3,(H,19,20)/b17-12-. The zero-order chi connectivity index (χ0) is 15.9. The summed E-state index contributed by atoms with van der Waals surface area (Å²) in [5, 5.41) is 2.69. The number of carbonyl (C=O) groups excluding carboxylic acids is 2. The van der Waals surface area contributed by atoms with E-state index in [2.05, 4.69) is 5.32 Å². The molecule has 1 N–H and O–H groups in total. The van der Waals surface area contributed by atoms with Crippen molar-refractivity contribution in [1.82, 2.24) is 0 Å². The van der Waals surface area contributed by atoms with Crippen LogP contribution in [0.15, 0.2) is 54.6 Å². The Hall–Kier alpha value is -2.88. The molecule has 0 unspecified atom stereocenters. The number of nitrogens with one attached hydrogen (secondary N) is 1. The van der Waals surface area contributed by atoms with E-state index in [-0.39, 0.29) is 5.91 Å². The van der Waals surface area contributed by atoms with Crippen LogP contribution in [-0.2, 0) is 14.3 Å². The lowest BCUT2D eigenvalue weighted by molar-refractivity contribution is -0.133. The van der Waals surface area contributed by atoms with Gasteiger partial charge in [-0.2, -0.15) is 0 Å². The SMILES string of the molecule is COC(=O)/C(=C\c1ccccc1)c1ccc(NC(C)=O)cc1. The van der Waals surface area contributed by atoms with Crippen molar-refractivity contribution in [3.05, 3.63) is 65.7 Å². The van der Waals surface area contributed by atoms with Crippen LogP contribution < -0.4 is 5.32 Å². The molecule has 0 fully saturated rings. The van der Waals surface area contributed by atoms with E-state index in [4.69, 9.17) is 4.74 Å². The van der Waals surface area contributed by atoms with Crippen molar-refractivity contribution in [1.29, 1.82) is 0 Å². The quantitative estimate of drug-likeness (QED) is 0.534. The second-order valence-corrected chi connectivity index (χ2v) is 4.72. The highest BCUT2D eigenvalue weighted by Gasteiger charge is 2.12. The molecule has 112 valence electrons. The summed E-state index contributed by atoms with van der Waals surface area (Å²) < 4.78 is 4.86. The van der Waals surface area contributed by atoms with Gasteiger partial charge in [0.15, 0.2) is 0 Å². The maximum Gasteiger partial charge on any atom is 0.338 e. The number of carbonyl (C=O) groups is 2. The molecule has 0 spiro atoms. The van der Waals surface area contributed by atoms with Crippen LogP contribution in [0.2, 0.25) is 0 Å². The van der Waals surface area contributed by atoms with E-state index in [9.17, 15) is 9.59 Å². The third-order valence-corrected chi connectivity index (χ3v) is 3.03. The molecule has 0 heterocycles. The van der Waals surface area contributed by atoms with Gasteiger partial charge in [-0.3, -0.25) is 4.79 Å². The number of hydrogen-bond donors (Lipinski definition) is 1. The fourth-order valence-corrected chi connectivity index (χ4v) is 2.02. The molecule has 2 rings (SSSR count). The average molecular weight is 295 g/mol. The molecule has 2 aromatic rings. The van der Waals surface area contributed by atoms with E-state index < -0.39 is 5.97 Å². The largest absolute Gasteiger partial charge is 0.465 e. The Labute approximate surface area is 129 Å².